The summed E-state index contributed by atoms with van der Waals surface area (Å²) in [6, 6.07) is 3.70. The average Bonchev–Trinajstić information content (AvgIpc) is 3.98. The number of benzene rings is 1. The van der Waals surface area contributed by atoms with E-state index in [1.54, 1.807) is 31.2 Å². The molecule has 4 amide bonds. The molecule has 2 aliphatic carbocycles. The van der Waals surface area contributed by atoms with Gasteiger partial charge >= 0.3 is 6.09 Å². The van der Waals surface area contributed by atoms with Crippen LogP contribution in [0.25, 0.3) is 10.8 Å². The predicted octanol–water partition coefficient (Wildman–Crippen LogP) is 4.40. The highest BCUT2D eigenvalue weighted by Gasteiger charge is 2.63. The van der Waals surface area contributed by atoms with Crippen LogP contribution in [0.15, 0.2) is 36.4 Å². The van der Waals surface area contributed by atoms with Gasteiger partial charge in [-0.25, -0.2) is 22.0 Å². The number of amides is 4. The predicted molar refractivity (Wildman–Crippen MR) is 193 cm³/mol. The molecule has 14 nitrogen and oxygen atoms in total. The van der Waals surface area contributed by atoms with Crippen LogP contribution >= 0.6 is 11.6 Å². The number of hydrogen-bond acceptors (Lipinski definition) is 9. The number of alkyl halides is 2. The Hall–Kier alpha value is -4.25. The average molecular weight is 796 g/mol. The molecule has 6 rings (SSSR count). The molecular weight excluding hydrogens is 752 g/mol. The lowest BCUT2D eigenvalue weighted by molar-refractivity contribution is -0.142. The molecule has 1 aromatic carbocycles. The van der Waals surface area contributed by atoms with Crippen LogP contribution in [0.4, 0.5) is 13.6 Å². The summed E-state index contributed by atoms with van der Waals surface area (Å²) in [6.45, 7) is 4.11. The zero-order valence-electron chi connectivity index (χ0n) is 30.0. The molecule has 4 N–H and O–H groups in total. The molecule has 0 unspecified atom stereocenters. The Labute approximate surface area is 316 Å². The van der Waals surface area contributed by atoms with Crippen LogP contribution < -0.4 is 24.8 Å². The van der Waals surface area contributed by atoms with E-state index in [0.717, 1.165) is 0 Å². The molecule has 2 aromatic rings. The van der Waals surface area contributed by atoms with Crippen molar-refractivity contribution in [3.8, 4) is 11.8 Å². The number of allylic oxidation sites excluding steroid dienone is 1. The van der Waals surface area contributed by atoms with Crippen molar-refractivity contribution < 1.29 is 51.0 Å². The zero-order valence-corrected chi connectivity index (χ0v) is 31.6. The number of halogens is 3. The van der Waals surface area contributed by atoms with Gasteiger partial charge in [0.2, 0.25) is 33.6 Å². The molecule has 7 atom stereocenters. The van der Waals surface area contributed by atoms with Gasteiger partial charge in [-0.2, -0.15) is 4.98 Å². The molecule has 4 aliphatic rings. The molecule has 3 fully saturated rings. The molecule has 18 heteroatoms. The molecular formula is C36H44ClF2N5O9S. The minimum absolute atomic E-state index is 0.0633. The van der Waals surface area contributed by atoms with Crippen molar-refractivity contribution in [3.05, 3.63) is 41.4 Å². The smallest absolute Gasteiger partial charge is 0.405 e. The highest BCUT2D eigenvalue weighted by Crippen LogP contribution is 2.47. The SMILES string of the molecule is C[C@@H]1CCC=C[C@@H]2C[C@@]2(C(=O)NS(=O)(=O)C2(C)CC2)NC(=O)[C@@H]2C[C@@H](Oc3nc(OCC(F)F)cc4c(Cl)cccc34)CN2C(=O)[C@@H](NC(=O)O)[C@H](C)C1. The minimum Gasteiger partial charge on any atom is -0.472 e. The van der Waals surface area contributed by atoms with Crippen molar-refractivity contribution in [1.82, 2.24) is 25.2 Å². The Kier molecular flexibility index (Phi) is 11.0. The van der Waals surface area contributed by atoms with Crippen LogP contribution in [0.1, 0.15) is 65.7 Å². The van der Waals surface area contributed by atoms with Crippen molar-refractivity contribution in [2.45, 2.75) is 101 Å². The molecule has 1 aromatic heterocycles. The molecule has 0 spiro atoms. The fourth-order valence-corrected chi connectivity index (χ4v) is 8.93. The number of carbonyl (C=O) groups excluding carboxylic acids is 3. The molecule has 1 saturated heterocycles. The molecule has 2 saturated carbocycles. The lowest BCUT2D eigenvalue weighted by atomic mass is 9.88. The van der Waals surface area contributed by atoms with Crippen LogP contribution in [-0.4, -0.2) is 95.3 Å². The Bertz CT molecular complexity index is 1960. The zero-order chi connectivity index (χ0) is 39.2. The number of aromatic nitrogens is 1. The first-order chi connectivity index (χ1) is 25.4. The van der Waals surface area contributed by atoms with Crippen LogP contribution in [-0.2, 0) is 24.4 Å². The van der Waals surface area contributed by atoms with Crippen molar-refractivity contribution in [3.63, 3.8) is 0 Å². The van der Waals surface area contributed by atoms with Gasteiger partial charge in [0.1, 0.15) is 23.7 Å². The summed E-state index contributed by atoms with van der Waals surface area (Å²) >= 11 is 6.43. The number of pyridine rings is 1. The first-order valence-electron chi connectivity index (χ1n) is 18.0. The maximum Gasteiger partial charge on any atom is 0.405 e. The maximum absolute atomic E-state index is 14.4. The third-order valence-corrected chi connectivity index (χ3v) is 13.4. The number of hydrogen-bond donors (Lipinski definition) is 4. The first kappa shape index (κ1) is 39.4. The monoisotopic (exact) mass is 795 g/mol. The van der Waals surface area contributed by atoms with Crippen LogP contribution in [0.3, 0.4) is 0 Å². The van der Waals surface area contributed by atoms with Crippen molar-refractivity contribution in [1.29, 1.82) is 0 Å². The maximum atomic E-state index is 14.4. The van der Waals surface area contributed by atoms with E-state index in [1.807, 2.05) is 13.0 Å². The number of carbonyl (C=O) groups is 4. The van der Waals surface area contributed by atoms with Crippen LogP contribution in [0.5, 0.6) is 11.8 Å². The van der Waals surface area contributed by atoms with Gasteiger partial charge in [-0.3, -0.25) is 19.1 Å². The Morgan fingerprint density at radius 2 is 1.93 bits per heavy atom. The Balaban J connectivity index is 1.35. The summed E-state index contributed by atoms with van der Waals surface area (Å²) in [6.07, 6.45) is 1.02. The number of nitrogens with zero attached hydrogens (tertiary/aromatic N) is 2. The van der Waals surface area contributed by atoms with Gasteiger partial charge in [0, 0.05) is 34.2 Å². The Morgan fingerprint density at radius 3 is 2.61 bits per heavy atom. The second kappa shape index (κ2) is 15.1. The van der Waals surface area contributed by atoms with E-state index in [-0.39, 0.29) is 42.1 Å². The van der Waals surface area contributed by atoms with E-state index in [4.69, 9.17) is 21.1 Å². The summed E-state index contributed by atoms with van der Waals surface area (Å²) in [5, 5.41) is 15.9. The topological polar surface area (TPSA) is 193 Å². The number of fused-ring (bicyclic) bond motifs is 3. The highest BCUT2D eigenvalue weighted by molar-refractivity contribution is 7.91. The van der Waals surface area contributed by atoms with Gasteiger partial charge in [0.15, 0.2) is 6.61 Å². The fourth-order valence-electron chi connectivity index (χ4n) is 7.39. The van der Waals surface area contributed by atoms with E-state index in [2.05, 4.69) is 20.3 Å². The van der Waals surface area contributed by atoms with Gasteiger partial charge < -0.3 is 30.1 Å². The lowest BCUT2D eigenvalue weighted by Gasteiger charge is -2.32. The van der Waals surface area contributed by atoms with Gasteiger partial charge in [-0.15, -0.1) is 0 Å². The Morgan fingerprint density at radius 1 is 1.19 bits per heavy atom. The summed E-state index contributed by atoms with van der Waals surface area (Å²) in [5.41, 5.74) is -1.62. The van der Waals surface area contributed by atoms with Gasteiger partial charge in [-0.05, 0) is 69.4 Å². The standard InChI is InChI=1S/C36H44ClF2N5O9S/c1-19-7-4-5-8-21-16-36(21,33(47)43-54(50,51)35(3)11-12-35)42-30(45)26-14-22(17-44(26)32(46)29(20(2)13-19)41-34(48)49)53-31-23-9-6-10-25(37)24(23)15-28(40-31)52-18-27(38)39/h5-6,8-10,15,19-22,26-27,29,41H,4,7,11-14,16-18H2,1-3H3,(H,42,45)(H,43,47)(H,48,49)/t19-,20-,21-,22-,26+,29+,36-/m1/s1. The third kappa shape index (κ3) is 8.21. The van der Waals surface area contributed by atoms with Crippen molar-refractivity contribution >= 4 is 56.2 Å². The van der Waals surface area contributed by atoms with Crippen LogP contribution in [0.2, 0.25) is 5.02 Å². The quantitative estimate of drug-likeness (QED) is 0.265. The highest BCUT2D eigenvalue weighted by atomic mass is 35.5. The van der Waals surface area contributed by atoms with E-state index < -0.39 is 87.2 Å². The van der Waals surface area contributed by atoms with E-state index in [1.165, 1.54) is 17.9 Å². The van der Waals surface area contributed by atoms with E-state index >= 15 is 0 Å². The molecule has 3 heterocycles. The summed E-state index contributed by atoms with van der Waals surface area (Å²) < 4.78 is 64.9. The molecule has 0 bridgehead atoms. The largest absolute Gasteiger partial charge is 0.472 e. The third-order valence-electron chi connectivity index (χ3n) is 10.9. The van der Waals surface area contributed by atoms with Gasteiger partial charge in [0.25, 0.3) is 12.3 Å². The summed E-state index contributed by atoms with van der Waals surface area (Å²) in [7, 11) is -4.06. The second-order valence-electron chi connectivity index (χ2n) is 15.2. The molecule has 294 valence electrons. The normalized spacial score (nSPS) is 29.6. The lowest BCUT2D eigenvalue weighted by Crippen LogP contribution is -2.59. The number of nitrogens with one attached hydrogen (secondary N) is 3. The van der Waals surface area contributed by atoms with E-state index in [0.29, 0.717) is 42.9 Å². The summed E-state index contributed by atoms with van der Waals surface area (Å²) in [5.74, 6) is -3.56. The van der Waals surface area contributed by atoms with Crippen molar-refractivity contribution in [2.24, 2.45) is 17.8 Å². The second-order valence-corrected chi connectivity index (χ2v) is 17.8. The number of sulfonamides is 1. The van der Waals surface area contributed by atoms with E-state index in [9.17, 15) is 41.5 Å². The number of rotatable bonds is 9. The molecule has 0 radical (unpaired) electrons. The van der Waals surface area contributed by atoms with Gasteiger partial charge in [-0.1, -0.05) is 43.7 Å². The molecule has 2 aliphatic heterocycles. The number of ether oxygens (including phenoxy) is 2. The van der Waals surface area contributed by atoms with Gasteiger partial charge in [0.05, 0.1) is 11.3 Å². The fraction of sp³-hybridized carbons (Fsp3) is 0.583. The van der Waals surface area contributed by atoms with Crippen LogP contribution in [0, 0.1) is 17.8 Å². The van der Waals surface area contributed by atoms with Crippen molar-refractivity contribution in [2.75, 3.05) is 13.2 Å². The first-order valence-corrected chi connectivity index (χ1v) is 19.8. The summed E-state index contributed by atoms with van der Waals surface area (Å²) in [4.78, 5) is 60.0. The molecule has 54 heavy (non-hydrogen) atoms. The number of carboxylic acid groups (broad SMARTS) is 1. The minimum atomic E-state index is -4.06.